The third-order valence-electron chi connectivity index (χ3n) is 5.69. The van der Waals surface area contributed by atoms with E-state index >= 15 is 0 Å². The molecule has 1 atom stereocenters. The molecule has 0 bridgehead atoms. The number of pyridine rings is 1. The Balaban J connectivity index is 1.70. The molecule has 3 aromatic rings. The van der Waals surface area contributed by atoms with E-state index in [9.17, 15) is 4.79 Å². The van der Waals surface area contributed by atoms with E-state index in [0.717, 1.165) is 47.0 Å². The molecule has 28 heavy (non-hydrogen) atoms. The van der Waals surface area contributed by atoms with Crippen molar-refractivity contribution >= 4 is 16.8 Å². The number of fused-ring (bicyclic) bond motifs is 1. The summed E-state index contributed by atoms with van der Waals surface area (Å²) < 4.78 is 5.82. The van der Waals surface area contributed by atoms with Crippen LogP contribution in [-0.4, -0.2) is 40.0 Å². The summed E-state index contributed by atoms with van der Waals surface area (Å²) in [5.74, 6) is 0.0276. The number of amides is 1. The fourth-order valence-electron chi connectivity index (χ4n) is 4.13. The van der Waals surface area contributed by atoms with Gasteiger partial charge in [0.25, 0.3) is 5.91 Å². The standard InChI is InChI=1S/C23H27N3O2/c1-15-6-7-16(2)21-20(15)17(3)22(25-21)23(27)26(14-19-5-4-12-28-19)13-18-8-10-24-11-9-18/h6-11,19,25H,4-5,12-14H2,1-3H3/t19-/m1/s1. The number of hydrogen-bond acceptors (Lipinski definition) is 3. The van der Waals surface area contributed by atoms with E-state index in [-0.39, 0.29) is 12.0 Å². The van der Waals surface area contributed by atoms with Gasteiger partial charge in [-0.1, -0.05) is 12.1 Å². The third-order valence-corrected chi connectivity index (χ3v) is 5.69. The first kappa shape index (κ1) is 18.7. The fraction of sp³-hybridized carbons (Fsp3) is 0.391. The van der Waals surface area contributed by atoms with Crippen molar-refractivity contribution in [3.8, 4) is 0 Å². The number of aryl methyl sites for hydroxylation is 3. The highest BCUT2D eigenvalue weighted by atomic mass is 16.5. The summed E-state index contributed by atoms with van der Waals surface area (Å²) in [6.07, 6.45) is 5.71. The van der Waals surface area contributed by atoms with Crippen LogP contribution in [0.4, 0.5) is 0 Å². The minimum absolute atomic E-state index is 0.0276. The van der Waals surface area contributed by atoms with Gasteiger partial charge in [-0.3, -0.25) is 9.78 Å². The molecule has 1 amide bonds. The van der Waals surface area contributed by atoms with Crippen molar-refractivity contribution in [2.75, 3.05) is 13.2 Å². The lowest BCUT2D eigenvalue weighted by Crippen LogP contribution is -2.37. The number of aromatic amines is 1. The Bertz CT molecular complexity index is 988. The number of carbonyl (C=O) groups excluding carboxylic acids is 1. The number of nitrogens with one attached hydrogen (secondary N) is 1. The van der Waals surface area contributed by atoms with E-state index in [1.165, 1.54) is 5.56 Å². The molecule has 2 aromatic heterocycles. The summed E-state index contributed by atoms with van der Waals surface area (Å²) >= 11 is 0. The molecule has 5 nitrogen and oxygen atoms in total. The van der Waals surface area contributed by atoms with Gasteiger partial charge in [0.15, 0.2) is 0 Å². The Kier molecular flexibility index (Phi) is 5.18. The van der Waals surface area contributed by atoms with Gasteiger partial charge < -0.3 is 14.6 Å². The van der Waals surface area contributed by atoms with Gasteiger partial charge in [0, 0.05) is 43.0 Å². The predicted molar refractivity (Wildman–Crippen MR) is 110 cm³/mol. The first-order valence-corrected chi connectivity index (χ1v) is 9.93. The maximum absolute atomic E-state index is 13.6. The lowest BCUT2D eigenvalue weighted by Gasteiger charge is -2.25. The van der Waals surface area contributed by atoms with E-state index in [4.69, 9.17) is 4.74 Å². The largest absolute Gasteiger partial charge is 0.376 e. The van der Waals surface area contributed by atoms with Gasteiger partial charge in [0.2, 0.25) is 0 Å². The van der Waals surface area contributed by atoms with Gasteiger partial charge in [-0.2, -0.15) is 0 Å². The highest BCUT2D eigenvalue weighted by Gasteiger charge is 2.26. The molecule has 146 valence electrons. The van der Waals surface area contributed by atoms with Crippen molar-refractivity contribution in [1.29, 1.82) is 0 Å². The topological polar surface area (TPSA) is 58.2 Å². The Morgan fingerprint density at radius 1 is 1.18 bits per heavy atom. The van der Waals surface area contributed by atoms with Crippen molar-refractivity contribution in [2.24, 2.45) is 0 Å². The Hall–Kier alpha value is -2.66. The number of aromatic nitrogens is 2. The Morgan fingerprint density at radius 3 is 2.61 bits per heavy atom. The van der Waals surface area contributed by atoms with E-state index < -0.39 is 0 Å². The van der Waals surface area contributed by atoms with Crippen LogP contribution in [0.15, 0.2) is 36.7 Å². The Morgan fingerprint density at radius 2 is 1.93 bits per heavy atom. The van der Waals surface area contributed by atoms with E-state index in [1.807, 2.05) is 24.0 Å². The van der Waals surface area contributed by atoms with Crippen LogP contribution in [0.3, 0.4) is 0 Å². The molecule has 1 aliphatic heterocycles. The van der Waals surface area contributed by atoms with Crippen LogP contribution in [0, 0.1) is 20.8 Å². The van der Waals surface area contributed by atoms with Crippen LogP contribution in [-0.2, 0) is 11.3 Å². The summed E-state index contributed by atoms with van der Waals surface area (Å²) in [5, 5.41) is 1.16. The zero-order valence-electron chi connectivity index (χ0n) is 16.8. The molecular weight excluding hydrogens is 350 g/mol. The minimum atomic E-state index is 0.0276. The van der Waals surface area contributed by atoms with Gasteiger partial charge in [0.1, 0.15) is 5.69 Å². The average Bonchev–Trinajstić information content (AvgIpc) is 3.33. The average molecular weight is 377 g/mol. The predicted octanol–water partition coefficient (Wildman–Crippen LogP) is 4.31. The number of benzene rings is 1. The number of H-pyrrole nitrogens is 1. The summed E-state index contributed by atoms with van der Waals surface area (Å²) in [5.41, 5.74) is 6.17. The quantitative estimate of drug-likeness (QED) is 0.721. The van der Waals surface area contributed by atoms with Crippen molar-refractivity contribution < 1.29 is 9.53 Å². The lowest BCUT2D eigenvalue weighted by molar-refractivity contribution is 0.0503. The highest BCUT2D eigenvalue weighted by molar-refractivity contribution is 6.02. The van der Waals surface area contributed by atoms with Crippen molar-refractivity contribution in [3.05, 3.63) is 64.6 Å². The number of ether oxygens (including phenoxy) is 1. The zero-order chi connectivity index (χ0) is 19.7. The lowest BCUT2D eigenvalue weighted by atomic mass is 10.0. The van der Waals surface area contributed by atoms with Crippen LogP contribution in [0.5, 0.6) is 0 Å². The summed E-state index contributed by atoms with van der Waals surface area (Å²) in [6, 6.07) is 8.14. The van der Waals surface area contributed by atoms with Crippen LogP contribution in [0.2, 0.25) is 0 Å². The van der Waals surface area contributed by atoms with E-state index in [1.54, 1.807) is 12.4 Å². The molecule has 0 unspecified atom stereocenters. The molecule has 0 saturated carbocycles. The second-order valence-corrected chi connectivity index (χ2v) is 7.75. The van der Waals surface area contributed by atoms with Crippen molar-refractivity contribution in [2.45, 2.75) is 46.3 Å². The summed E-state index contributed by atoms with van der Waals surface area (Å²) in [7, 11) is 0. The molecule has 3 heterocycles. The highest BCUT2D eigenvalue weighted by Crippen LogP contribution is 2.29. The van der Waals surface area contributed by atoms with Gasteiger partial charge >= 0.3 is 0 Å². The third kappa shape index (κ3) is 3.54. The SMILES string of the molecule is Cc1ccc(C)c2c(C)c(C(=O)N(Cc3ccncc3)C[C@H]3CCCO3)[nH]c12. The molecule has 1 N–H and O–H groups in total. The van der Waals surface area contributed by atoms with Gasteiger partial charge in [0.05, 0.1) is 6.10 Å². The molecule has 1 aromatic carbocycles. The second kappa shape index (κ2) is 7.76. The first-order chi connectivity index (χ1) is 13.5. The maximum atomic E-state index is 13.6. The molecule has 1 aliphatic rings. The number of hydrogen-bond donors (Lipinski definition) is 1. The van der Waals surface area contributed by atoms with Crippen LogP contribution in [0.1, 0.15) is 45.6 Å². The molecule has 0 spiro atoms. The normalized spacial score (nSPS) is 16.6. The number of rotatable bonds is 5. The molecule has 1 fully saturated rings. The monoisotopic (exact) mass is 377 g/mol. The van der Waals surface area contributed by atoms with Crippen LogP contribution in [0.25, 0.3) is 10.9 Å². The van der Waals surface area contributed by atoms with Gasteiger partial charge in [-0.25, -0.2) is 0 Å². The summed E-state index contributed by atoms with van der Waals surface area (Å²) in [6.45, 7) is 8.15. The van der Waals surface area contributed by atoms with Crippen LogP contribution >= 0.6 is 0 Å². The molecule has 5 heteroatoms. The smallest absolute Gasteiger partial charge is 0.270 e. The molecule has 0 radical (unpaired) electrons. The molecular formula is C23H27N3O2. The summed E-state index contributed by atoms with van der Waals surface area (Å²) in [4.78, 5) is 23.0. The molecule has 0 aliphatic carbocycles. The minimum Gasteiger partial charge on any atom is -0.376 e. The molecule has 4 rings (SSSR count). The van der Waals surface area contributed by atoms with Crippen molar-refractivity contribution in [1.82, 2.24) is 14.9 Å². The second-order valence-electron chi connectivity index (χ2n) is 7.75. The fourth-order valence-corrected chi connectivity index (χ4v) is 4.13. The number of carbonyl (C=O) groups is 1. The zero-order valence-corrected chi connectivity index (χ0v) is 16.8. The maximum Gasteiger partial charge on any atom is 0.270 e. The van der Waals surface area contributed by atoms with E-state index in [2.05, 4.69) is 35.9 Å². The first-order valence-electron chi connectivity index (χ1n) is 9.93. The van der Waals surface area contributed by atoms with Gasteiger partial charge in [-0.05, 0) is 68.0 Å². The van der Waals surface area contributed by atoms with Crippen molar-refractivity contribution in [3.63, 3.8) is 0 Å². The van der Waals surface area contributed by atoms with Crippen LogP contribution < -0.4 is 0 Å². The Labute approximate surface area is 165 Å². The van der Waals surface area contributed by atoms with Gasteiger partial charge in [-0.15, -0.1) is 0 Å². The molecule has 1 saturated heterocycles. The number of nitrogens with zero attached hydrogens (tertiary/aromatic N) is 2. The van der Waals surface area contributed by atoms with E-state index in [0.29, 0.717) is 18.8 Å².